The second-order valence-corrected chi connectivity index (χ2v) is 6.77. The van der Waals surface area contributed by atoms with Crippen molar-refractivity contribution in [1.29, 1.82) is 0 Å². The smallest absolute Gasteiger partial charge is 0.229 e. The predicted octanol–water partition coefficient (Wildman–Crippen LogP) is 1.59. The molecule has 1 N–H and O–H groups in total. The van der Waals surface area contributed by atoms with Crippen LogP contribution in [0.25, 0.3) is 0 Å². The number of aromatic nitrogens is 4. The van der Waals surface area contributed by atoms with E-state index < -0.39 is 0 Å². The Hall–Kier alpha value is -2.64. The van der Waals surface area contributed by atoms with Gasteiger partial charge < -0.3 is 10.2 Å². The van der Waals surface area contributed by atoms with Crippen LogP contribution >= 0.6 is 0 Å². The molecule has 1 unspecified atom stereocenters. The predicted molar refractivity (Wildman–Crippen MR) is 97.5 cm³/mol. The van der Waals surface area contributed by atoms with Crippen molar-refractivity contribution in [2.24, 2.45) is 5.92 Å². The van der Waals surface area contributed by atoms with Gasteiger partial charge in [-0.2, -0.15) is 10.2 Å². The molecule has 2 aromatic rings. The van der Waals surface area contributed by atoms with Gasteiger partial charge in [-0.15, -0.1) is 0 Å². The first kappa shape index (κ1) is 18.2. The van der Waals surface area contributed by atoms with Gasteiger partial charge in [-0.25, -0.2) is 0 Å². The first-order valence-corrected chi connectivity index (χ1v) is 9.09. The van der Waals surface area contributed by atoms with Crippen LogP contribution in [0.2, 0.25) is 0 Å². The van der Waals surface area contributed by atoms with Gasteiger partial charge in [0.1, 0.15) is 0 Å². The van der Waals surface area contributed by atoms with E-state index in [4.69, 9.17) is 0 Å². The van der Waals surface area contributed by atoms with Crippen molar-refractivity contribution in [3.63, 3.8) is 0 Å². The van der Waals surface area contributed by atoms with Crippen molar-refractivity contribution in [3.8, 4) is 0 Å². The van der Waals surface area contributed by atoms with E-state index >= 15 is 0 Å². The number of carbonyl (C=O) groups excluding carboxylic acids is 2. The lowest BCUT2D eigenvalue weighted by Crippen LogP contribution is -2.32. The Bertz CT molecular complexity index is 793. The summed E-state index contributed by atoms with van der Waals surface area (Å²) in [5.41, 5.74) is 2.49. The van der Waals surface area contributed by atoms with Crippen molar-refractivity contribution >= 4 is 17.5 Å². The molecular weight excluding hydrogens is 332 g/mol. The topological polar surface area (TPSA) is 85.0 Å². The normalized spacial score (nSPS) is 16.9. The van der Waals surface area contributed by atoms with Crippen molar-refractivity contribution in [3.05, 3.63) is 29.8 Å². The summed E-state index contributed by atoms with van der Waals surface area (Å²) in [6.07, 6.45) is 4.82. The Morgan fingerprint density at radius 2 is 2.08 bits per heavy atom. The molecule has 0 bridgehead atoms. The summed E-state index contributed by atoms with van der Waals surface area (Å²) in [4.78, 5) is 26.7. The lowest BCUT2D eigenvalue weighted by atomic mass is 10.1. The second-order valence-electron chi connectivity index (χ2n) is 6.77. The number of hydrogen-bond acceptors (Lipinski definition) is 4. The van der Waals surface area contributed by atoms with E-state index in [1.165, 1.54) is 0 Å². The fourth-order valence-corrected chi connectivity index (χ4v) is 3.19. The van der Waals surface area contributed by atoms with Gasteiger partial charge in [0, 0.05) is 45.0 Å². The third-order valence-electron chi connectivity index (χ3n) is 4.77. The molecule has 0 radical (unpaired) electrons. The lowest BCUT2D eigenvalue weighted by Gasteiger charge is -2.16. The SMILES string of the molecule is CCn1cc(NC(=O)C2CCN(C(=O)CCn3ccc(C)n3)C2)c(C)n1. The van der Waals surface area contributed by atoms with Crippen molar-refractivity contribution < 1.29 is 9.59 Å². The highest BCUT2D eigenvalue weighted by Crippen LogP contribution is 2.21. The summed E-state index contributed by atoms with van der Waals surface area (Å²) >= 11 is 0. The minimum Gasteiger partial charge on any atom is -0.342 e. The zero-order valence-corrected chi connectivity index (χ0v) is 15.6. The van der Waals surface area contributed by atoms with Gasteiger partial charge in [0.15, 0.2) is 0 Å². The van der Waals surface area contributed by atoms with Crippen molar-refractivity contribution in [1.82, 2.24) is 24.5 Å². The van der Waals surface area contributed by atoms with Crippen LogP contribution in [0.3, 0.4) is 0 Å². The molecule has 2 amide bonds. The third kappa shape index (κ3) is 4.12. The Labute approximate surface area is 153 Å². The van der Waals surface area contributed by atoms with Gasteiger partial charge in [-0.05, 0) is 33.3 Å². The molecule has 1 aliphatic heterocycles. The van der Waals surface area contributed by atoms with Crippen LogP contribution in [0.5, 0.6) is 0 Å². The van der Waals surface area contributed by atoms with Crippen LogP contribution in [0, 0.1) is 19.8 Å². The Morgan fingerprint density at radius 1 is 1.27 bits per heavy atom. The quantitative estimate of drug-likeness (QED) is 0.850. The van der Waals surface area contributed by atoms with E-state index in [-0.39, 0.29) is 17.7 Å². The minimum absolute atomic E-state index is 0.0400. The number of rotatable bonds is 6. The van der Waals surface area contributed by atoms with Crippen LogP contribution in [-0.4, -0.2) is 49.4 Å². The number of hydrogen-bond donors (Lipinski definition) is 1. The maximum Gasteiger partial charge on any atom is 0.229 e. The maximum atomic E-state index is 12.5. The third-order valence-corrected chi connectivity index (χ3v) is 4.77. The molecule has 140 valence electrons. The number of carbonyl (C=O) groups is 2. The van der Waals surface area contributed by atoms with Crippen molar-refractivity contribution in [2.75, 3.05) is 18.4 Å². The summed E-state index contributed by atoms with van der Waals surface area (Å²) in [6.45, 7) is 8.24. The van der Waals surface area contributed by atoms with Gasteiger partial charge in [0.25, 0.3) is 0 Å². The molecular formula is C18H26N6O2. The molecule has 3 rings (SSSR count). The molecule has 0 spiro atoms. The van der Waals surface area contributed by atoms with E-state index in [0.717, 1.165) is 23.6 Å². The van der Waals surface area contributed by atoms with Crippen LogP contribution in [-0.2, 0) is 22.7 Å². The van der Waals surface area contributed by atoms with E-state index in [1.807, 2.05) is 39.2 Å². The Kier molecular flexibility index (Phi) is 5.39. The van der Waals surface area contributed by atoms with Crippen LogP contribution in [0.1, 0.15) is 31.2 Å². The van der Waals surface area contributed by atoms with Gasteiger partial charge in [-0.1, -0.05) is 0 Å². The highest BCUT2D eigenvalue weighted by Gasteiger charge is 2.31. The van der Waals surface area contributed by atoms with Crippen LogP contribution in [0.15, 0.2) is 18.5 Å². The zero-order valence-electron chi connectivity index (χ0n) is 15.6. The zero-order chi connectivity index (χ0) is 18.7. The van der Waals surface area contributed by atoms with E-state index in [1.54, 1.807) is 14.3 Å². The highest BCUT2D eigenvalue weighted by atomic mass is 16.2. The summed E-state index contributed by atoms with van der Waals surface area (Å²) in [5.74, 6) is -0.138. The number of likely N-dealkylation sites (tertiary alicyclic amines) is 1. The first-order chi connectivity index (χ1) is 12.5. The number of nitrogens with zero attached hydrogens (tertiary/aromatic N) is 5. The molecule has 1 atom stereocenters. The van der Waals surface area contributed by atoms with Crippen LogP contribution in [0.4, 0.5) is 5.69 Å². The summed E-state index contributed by atoms with van der Waals surface area (Å²) in [6, 6.07) is 1.92. The largest absolute Gasteiger partial charge is 0.342 e. The average molecular weight is 358 g/mol. The molecule has 1 aliphatic rings. The summed E-state index contributed by atoms with van der Waals surface area (Å²) in [7, 11) is 0. The Balaban J connectivity index is 1.49. The summed E-state index contributed by atoms with van der Waals surface area (Å²) < 4.78 is 3.58. The lowest BCUT2D eigenvalue weighted by molar-refractivity contribution is -0.130. The number of amides is 2. The standard InChI is InChI=1S/C18H26N6O2/c1-4-23-12-16(14(3)21-23)19-18(26)15-6-8-22(11-15)17(25)7-10-24-9-5-13(2)20-24/h5,9,12,15H,4,6-8,10-11H2,1-3H3,(H,19,26). The van der Waals surface area contributed by atoms with Gasteiger partial charge in [0.05, 0.1) is 23.0 Å². The van der Waals surface area contributed by atoms with Crippen LogP contribution < -0.4 is 5.32 Å². The molecule has 8 nitrogen and oxygen atoms in total. The minimum atomic E-state index is -0.171. The summed E-state index contributed by atoms with van der Waals surface area (Å²) in [5, 5.41) is 11.6. The fourth-order valence-electron chi connectivity index (χ4n) is 3.19. The first-order valence-electron chi connectivity index (χ1n) is 9.09. The van der Waals surface area contributed by atoms with Gasteiger partial charge >= 0.3 is 0 Å². The molecule has 8 heteroatoms. The number of nitrogens with one attached hydrogen (secondary N) is 1. The second kappa shape index (κ2) is 7.72. The van der Waals surface area contributed by atoms with E-state index in [9.17, 15) is 9.59 Å². The van der Waals surface area contributed by atoms with E-state index in [0.29, 0.717) is 32.5 Å². The molecule has 0 aromatic carbocycles. The molecule has 26 heavy (non-hydrogen) atoms. The van der Waals surface area contributed by atoms with E-state index in [2.05, 4.69) is 15.5 Å². The molecule has 1 fully saturated rings. The Morgan fingerprint density at radius 3 is 2.73 bits per heavy atom. The molecule has 0 aliphatic carbocycles. The maximum absolute atomic E-state index is 12.5. The van der Waals surface area contributed by atoms with Gasteiger partial charge in [-0.3, -0.25) is 19.0 Å². The molecule has 2 aromatic heterocycles. The molecule has 3 heterocycles. The van der Waals surface area contributed by atoms with Crippen molar-refractivity contribution in [2.45, 2.75) is 46.7 Å². The number of aryl methyl sites for hydroxylation is 4. The van der Waals surface area contributed by atoms with Gasteiger partial charge in [0.2, 0.25) is 11.8 Å². The monoisotopic (exact) mass is 358 g/mol. The number of anilines is 1. The molecule has 1 saturated heterocycles. The molecule has 0 saturated carbocycles. The fraction of sp³-hybridized carbons (Fsp3) is 0.556. The average Bonchev–Trinajstić information content (AvgIpc) is 3.33. The highest BCUT2D eigenvalue weighted by molar-refractivity contribution is 5.93.